The quantitative estimate of drug-likeness (QED) is 0.661. The molecule has 1 aliphatic rings. The van der Waals surface area contributed by atoms with Crippen molar-refractivity contribution in [2.24, 2.45) is 5.92 Å². The van der Waals surface area contributed by atoms with Crippen LogP contribution in [0.4, 0.5) is 0 Å². The number of nitrogens with zero attached hydrogens (tertiary/aromatic N) is 1. The van der Waals surface area contributed by atoms with E-state index in [-0.39, 0.29) is 23.8 Å². The minimum Gasteiger partial charge on any atom is -0.469 e. The van der Waals surface area contributed by atoms with Crippen molar-refractivity contribution in [2.75, 3.05) is 13.1 Å². The Labute approximate surface area is 177 Å². The molecule has 0 saturated carbocycles. The van der Waals surface area contributed by atoms with Gasteiger partial charge in [0.25, 0.3) is 5.91 Å². The second kappa shape index (κ2) is 9.16. The van der Waals surface area contributed by atoms with E-state index in [9.17, 15) is 9.59 Å². The number of amides is 2. The van der Waals surface area contributed by atoms with Crippen molar-refractivity contribution in [1.29, 1.82) is 0 Å². The highest BCUT2D eigenvalue weighted by Crippen LogP contribution is 2.24. The molecule has 1 fully saturated rings. The molecule has 5 nitrogen and oxygen atoms in total. The Kier molecular flexibility index (Phi) is 6.17. The molecule has 5 heteroatoms. The van der Waals surface area contributed by atoms with Gasteiger partial charge in [-0.2, -0.15) is 0 Å². The number of rotatable bonds is 6. The van der Waals surface area contributed by atoms with E-state index in [0.29, 0.717) is 18.7 Å². The lowest BCUT2D eigenvalue weighted by Crippen LogP contribution is -2.47. The molecular weight excluding hydrogens is 376 g/mol. The first kappa shape index (κ1) is 20.2. The number of benzene rings is 2. The molecule has 0 bridgehead atoms. The largest absolute Gasteiger partial charge is 0.469 e. The van der Waals surface area contributed by atoms with E-state index < -0.39 is 0 Å². The van der Waals surface area contributed by atoms with E-state index in [2.05, 4.69) is 5.32 Å². The van der Waals surface area contributed by atoms with Gasteiger partial charge in [-0.25, -0.2) is 0 Å². The van der Waals surface area contributed by atoms with Gasteiger partial charge in [-0.3, -0.25) is 9.59 Å². The maximum absolute atomic E-state index is 13.2. The van der Waals surface area contributed by atoms with Crippen LogP contribution >= 0.6 is 0 Å². The van der Waals surface area contributed by atoms with Crippen LogP contribution in [0.5, 0.6) is 0 Å². The van der Waals surface area contributed by atoms with E-state index in [1.807, 2.05) is 66.4 Å². The summed E-state index contributed by atoms with van der Waals surface area (Å²) < 4.78 is 5.36. The predicted octanol–water partition coefficient (Wildman–Crippen LogP) is 4.42. The van der Waals surface area contributed by atoms with Gasteiger partial charge in [-0.15, -0.1) is 0 Å². The fraction of sp³-hybridized carbons (Fsp3) is 0.360. The minimum absolute atomic E-state index is 0.00941. The summed E-state index contributed by atoms with van der Waals surface area (Å²) in [5.74, 6) is 0.817. The van der Waals surface area contributed by atoms with Crippen molar-refractivity contribution >= 4 is 22.6 Å². The van der Waals surface area contributed by atoms with Crippen LogP contribution in [0.3, 0.4) is 0 Å². The molecule has 2 aromatic carbocycles. The van der Waals surface area contributed by atoms with Crippen LogP contribution in [0.1, 0.15) is 42.3 Å². The molecule has 1 aliphatic heterocycles. The summed E-state index contributed by atoms with van der Waals surface area (Å²) >= 11 is 0. The van der Waals surface area contributed by atoms with Gasteiger partial charge in [0.2, 0.25) is 5.91 Å². The minimum atomic E-state index is -0.163. The average Bonchev–Trinajstić information content (AvgIpc) is 3.30. The van der Waals surface area contributed by atoms with Crippen molar-refractivity contribution in [2.45, 2.75) is 38.6 Å². The molecule has 4 rings (SSSR count). The molecule has 2 amide bonds. The summed E-state index contributed by atoms with van der Waals surface area (Å²) in [6, 6.07) is 17.6. The topological polar surface area (TPSA) is 62.6 Å². The average molecular weight is 405 g/mol. The van der Waals surface area contributed by atoms with Crippen LogP contribution in [0.15, 0.2) is 65.3 Å². The number of furan rings is 1. The van der Waals surface area contributed by atoms with Gasteiger partial charge in [0.05, 0.1) is 12.2 Å². The molecule has 2 atom stereocenters. The van der Waals surface area contributed by atoms with Crippen LogP contribution < -0.4 is 5.32 Å². The zero-order valence-electron chi connectivity index (χ0n) is 17.3. The molecule has 0 aliphatic carbocycles. The number of fused-ring (bicyclic) bond motifs is 1. The molecule has 30 heavy (non-hydrogen) atoms. The molecule has 1 aromatic heterocycles. The Balaban J connectivity index is 1.37. The van der Waals surface area contributed by atoms with Crippen molar-refractivity contribution in [3.05, 3.63) is 72.2 Å². The van der Waals surface area contributed by atoms with E-state index in [0.717, 1.165) is 42.2 Å². The highest BCUT2D eigenvalue weighted by Gasteiger charge is 2.30. The van der Waals surface area contributed by atoms with Crippen LogP contribution in [-0.2, 0) is 11.2 Å². The normalized spacial score (nSPS) is 17.6. The van der Waals surface area contributed by atoms with Crippen LogP contribution in [0, 0.1) is 5.92 Å². The predicted molar refractivity (Wildman–Crippen MR) is 117 cm³/mol. The number of hydrogen-bond acceptors (Lipinski definition) is 3. The van der Waals surface area contributed by atoms with Gasteiger partial charge < -0.3 is 14.6 Å². The molecule has 0 radical (unpaired) electrons. The molecule has 0 spiro atoms. The Bertz CT molecular complexity index is 1010. The Hall–Kier alpha value is -3.08. The van der Waals surface area contributed by atoms with E-state index in [4.69, 9.17) is 4.42 Å². The molecule has 2 heterocycles. The van der Waals surface area contributed by atoms with Crippen molar-refractivity contribution in [1.82, 2.24) is 10.2 Å². The Morgan fingerprint density at radius 2 is 1.97 bits per heavy atom. The lowest BCUT2D eigenvalue weighted by Gasteiger charge is -2.33. The number of carbonyl (C=O) groups is 2. The number of hydrogen-bond donors (Lipinski definition) is 1. The number of aryl methyl sites for hydroxylation is 1. The lowest BCUT2D eigenvalue weighted by molar-refractivity contribution is -0.127. The number of piperidine rings is 1. The molecule has 2 unspecified atom stereocenters. The number of carbonyl (C=O) groups excluding carboxylic acids is 2. The molecule has 1 saturated heterocycles. The maximum Gasteiger partial charge on any atom is 0.254 e. The van der Waals surface area contributed by atoms with Gasteiger partial charge in [0.1, 0.15) is 5.76 Å². The highest BCUT2D eigenvalue weighted by atomic mass is 16.3. The third-order valence-electron chi connectivity index (χ3n) is 5.89. The molecule has 156 valence electrons. The summed E-state index contributed by atoms with van der Waals surface area (Å²) in [6.45, 7) is 3.18. The maximum atomic E-state index is 13.2. The summed E-state index contributed by atoms with van der Waals surface area (Å²) in [5.41, 5.74) is 0.709. The molecular formula is C25H28N2O3. The fourth-order valence-electron chi connectivity index (χ4n) is 4.20. The van der Waals surface area contributed by atoms with Gasteiger partial charge in [0, 0.05) is 31.1 Å². The van der Waals surface area contributed by atoms with Gasteiger partial charge >= 0.3 is 0 Å². The van der Waals surface area contributed by atoms with Gasteiger partial charge in [-0.05, 0) is 55.2 Å². The standard InChI is InChI=1S/C25H28N2O3/c1-18(13-14-21-10-6-16-30-21)26-24(28)20-9-5-15-27(17-20)25(29)23-12-4-8-19-7-2-3-11-22(19)23/h2-4,6-8,10-12,16,18,20H,5,9,13-15,17H2,1H3,(H,26,28). The third-order valence-corrected chi connectivity index (χ3v) is 5.89. The zero-order valence-corrected chi connectivity index (χ0v) is 17.3. The summed E-state index contributed by atoms with van der Waals surface area (Å²) in [7, 11) is 0. The smallest absolute Gasteiger partial charge is 0.254 e. The summed E-state index contributed by atoms with van der Waals surface area (Å²) in [4.78, 5) is 27.9. The number of likely N-dealkylation sites (tertiary alicyclic amines) is 1. The summed E-state index contributed by atoms with van der Waals surface area (Å²) in [5, 5.41) is 5.14. The van der Waals surface area contributed by atoms with Crippen LogP contribution in [0.25, 0.3) is 10.8 Å². The van der Waals surface area contributed by atoms with E-state index >= 15 is 0 Å². The van der Waals surface area contributed by atoms with E-state index in [1.54, 1.807) is 6.26 Å². The van der Waals surface area contributed by atoms with E-state index in [1.165, 1.54) is 0 Å². The second-order valence-corrected chi connectivity index (χ2v) is 8.14. The Morgan fingerprint density at radius 3 is 2.80 bits per heavy atom. The zero-order chi connectivity index (χ0) is 20.9. The fourth-order valence-corrected chi connectivity index (χ4v) is 4.20. The Morgan fingerprint density at radius 1 is 1.13 bits per heavy atom. The van der Waals surface area contributed by atoms with Crippen molar-refractivity contribution in [3.63, 3.8) is 0 Å². The highest BCUT2D eigenvalue weighted by molar-refractivity contribution is 6.07. The monoisotopic (exact) mass is 404 g/mol. The van der Waals surface area contributed by atoms with Crippen molar-refractivity contribution in [3.8, 4) is 0 Å². The van der Waals surface area contributed by atoms with Gasteiger partial charge in [-0.1, -0.05) is 36.4 Å². The first-order valence-corrected chi connectivity index (χ1v) is 10.7. The SMILES string of the molecule is CC(CCc1ccco1)NC(=O)C1CCCN(C(=O)c2cccc3ccccc23)C1. The first-order valence-electron chi connectivity index (χ1n) is 10.7. The number of nitrogens with one attached hydrogen (secondary N) is 1. The lowest BCUT2D eigenvalue weighted by atomic mass is 9.95. The van der Waals surface area contributed by atoms with Gasteiger partial charge in [0.15, 0.2) is 0 Å². The van der Waals surface area contributed by atoms with Crippen molar-refractivity contribution < 1.29 is 14.0 Å². The summed E-state index contributed by atoms with van der Waals surface area (Å²) in [6.07, 6.45) is 4.95. The molecule has 1 N–H and O–H groups in total. The van der Waals surface area contributed by atoms with Crippen LogP contribution in [0.2, 0.25) is 0 Å². The second-order valence-electron chi connectivity index (χ2n) is 8.14. The molecule has 3 aromatic rings. The van der Waals surface area contributed by atoms with Crippen LogP contribution in [-0.4, -0.2) is 35.8 Å². The third kappa shape index (κ3) is 4.56. The first-order chi connectivity index (χ1) is 14.6.